The van der Waals surface area contributed by atoms with Gasteiger partial charge in [0.05, 0.1) is 4.08 Å². The molecule has 0 aliphatic carbocycles. The largest absolute Gasteiger partial charge is 0.489 e. The van der Waals surface area contributed by atoms with E-state index < -0.39 is 4.08 Å². The molecule has 1 heterocycles. The van der Waals surface area contributed by atoms with Crippen LogP contribution in [0.1, 0.15) is 29.7 Å². The minimum atomic E-state index is -0.506. The third kappa shape index (κ3) is 6.13. The minimum Gasteiger partial charge on any atom is -0.489 e. The van der Waals surface area contributed by atoms with Crippen LogP contribution in [0.3, 0.4) is 0 Å². The molecule has 0 spiro atoms. The van der Waals surface area contributed by atoms with Gasteiger partial charge in [0.2, 0.25) is 0 Å². The molecule has 0 aromatic heterocycles. The maximum absolute atomic E-state index is 13.4. The first-order valence-electron chi connectivity index (χ1n) is 14.1. The molecule has 6 rings (SSSR count). The Morgan fingerprint density at radius 2 is 1.26 bits per heavy atom. The summed E-state index contributed by atoms with van der Waals surface area (Å²) in [6, 6.07) is 49.6. The molecule has 42 heavy (non-hydrogen) atoms. The fourth-order valence-corrected chi connectivity index (χ4v) is 8.62. The van der Waals surface area contributed by atoms with E-state index in [1.807, 2.05) is 96.3 Å². The predicted molar refractivity (Wildman–Crippen MR) is 171 cm³/mol. The Kier molecular flexibility index (Phi) is 8.68. The highest BCUT2D eigenvalue weighted by Gasteiger charge is 2.55. The Hall–Kier alpha value is -3.93. The normalized spacial score (nSPS) is 17.1. The number of benzene rings is 5. The summed E-state index contributed by atoms with van der Waals surface area (Å²) in [5.41, 5.74) is 3.22. The minimum absolute atomic E-state index is 0.0875. The van der Waals surface area contributed by atoms with Crippen molar-refractivity contribution in [1.82, 2.24) is 0 Å². The monoisotopic (exact) mass is 588 g/mol. The van der Waals surface area contributed by atoms with Crippen molar-refractivity contribution in [2.24, 2.45) is 11.8 Å². The van der Waals surface area contributed by atoms with Gasteiger partial charge in [-0.1, -0.05) is 116 Å². The Bertz CT molecular complexity index is 1550. The molecule has 1 aliphatic rings. The van der Waals surface area contributed by atoms with E-state index in [2.05, 4.69) is 79.7 Å². The first-order valence-corrected chi connectivity index (χ1v) is 15.8. The number of esters is 1. The lowest BCUT2D eigenvalue weighted by Crippen LogP contribution is -2.47. The van der Waals surface area contributed by atoms with Gasteiger partial charge in [-0.25, -0.2) is 0 Å². The van der Waals surface area contributed by atoms with Crippen LogP contribution in [0, 0.1) is 11.8 Å². The Morgan fingerprint density at radius 3 is 1.83 bits per heavy atom. The van der Waals surface area contributed by atoms with Gasteiger partial charge in [-0.05, 0) is 53.1 Å². The Morgan fingerprint density at radius 1 is 0.714 bits per heavy atom. The molecule has 5 aromatic carbocycles. The van der Waals surface area contributed by atoms with Crippen molar-refractivity contribution >= 4 is 29.5 Å². The maximum Gasteiger partial charge on any atom is 0.314 e. The number of hydrogen-bond acceptors (Lipinski definition) is 5. The Labute approximate surface area is 256 Å². The van der Waals surface area contributed by atoms with Crippen LogP contribution in [0.4, 0.5) is 0 Å². The lowest BCUT2D eigenvalue weighted by atomic mass is 9.78. The van der Waals surface area contributed by atoms with Crippen LogP contribution in [0.25, 0.3) is 0 Å². The van der Waals surface area contributed by atoms with Crippen molar-refractivity contribution in [3.63, 3.8) is 0 Å². The summed E-state index contributed by atoms with van der Waals surface area (Å²) < 4.78 is 11.5. The van der Waals surface area contributed by atoms with Crippen LogP contribution < -0.4 is 4.74 Å². The quantitative estimate of drug-likeness (QED) is 0.0872. The number of rotatable bonds is 11. The van der Waals surface area contributed by atoms with Gasteiger partial charge in [0.1, 0.15) is 24.4 Å². The summed E-state index contributed by atoms with van der Waals surface area (Å²) in [5.74, 6) is 0.181. The molecule has 0 radical (unpaired) electrons. The third-order valence-corrected chi connectivity index (χ3v) is 11.0. The van der Waals surface area contributed by atoms with Crippen molar-refractivity contribution in [2.75, 3.05) is 0 Å². The fourth-order valence-electron chi connectivity index (χ4n) is 5.41. The van der Waals surface area contributed by atoms with Crippen molar-refractivity contribution in [3.8, 4) is 5.75 Å². The molecule has 1 aliphatic heterocycles. The van der Waals surface area contributed by atoms with Gasteiger partial charge in [0, 0.05) is 15.7 Å². The average molecular weight is 589 g/mol. The van der Waals surface area contributed by atoms with Gasteiger partial charge in [0.25, 0.3) is 0 Å². The van der Waals surface area contributed by atoms with Crippen molar-refractivity contribution in [1.29, 1.82) is 0 Å². The summed E-state index contributed by atoms with van der Waals surface area (Å²) in [6.45, 7) is 2.68. The van der Waals surface area contributed by atoms with Gasteiger partial charge in [-0.3, -0.25) is 4.79 Å². The molecule has 0 bridgehead atoms. The smallest absolute Gasteiger partial charge is 0.314 e. The molecule has 0 amide bonds. The molecule has 210 valence electrons. The molecule has 5 heteroatoms. The number of carbonyl (C=O) groups excluding carboxylic acids is 1. The summed E-state index contributed by atoms with van der Waals surface area (Å²) in [4.78, 5) is 15.7. The molecule has 3 nitrogen and oxygen atoms in total. The van der Waals surface area contributed by atoms with Gasteiger partial charge in [0.15, 0.2) is 0 Å². The zero-order valence-corrected chi connectivity index (χ0v) is 25.0. The second kappa shape index (κ2) is 12.9. The number of hydrogen-bond donors (Lipinski definition) is 0. The van der Waals surface area contributed by atoms with Crippen LogP contribution in [0.15, 0.2) is 155 Å². The van der Waals surface area contributed by atoms with Crippen molar-refractivity contribution < 1.29 is 14.3 Å². The highest BCUT2D eigenvalue weighted by molar-refractivity contribution is 8.17. The highest BCUT2D eigenvalue weighted by Crippen LogP contribution is 2.62. The molecule has 5 aromatic rings. The summed E-state index contributed by atoms with van der Waals surface area (Å²) in [5, 5.41) is 0. The summed E-state index contributed by atoms with van der Waals surface area (Å²) >= 11 is 3.62. The summed E-state index contributed by atoms with van der Waals surface area (Å²) in [6.07, 6.45) is -0.358. The topological polar surface area (TPSA) is 35.5 Å². The molecule has 1 fully saturated rings. The zero-order chi connectivity index (χ0) is 28.8. The fraction of sp³-hybridized carbons (Fsp3) is 0.162. The van der Waals surface area contributed by atoms with Crippen LogP contribution in [0.2, 0.25) is 0 Å². The van der Waals surface area contributed by atoms with E-state index in [9.17, 15) is 4.79 Å². The molecular formula is C37H32O3S2. The lowest BCUT2D eigenvalue weighted by molar-refractivity contribution is -0.191. The van der Waals surface area contributed by atoms with Gasteiger partial charge < -0.3 is 9.47 Å². The third-order valence-electron chi connectivity index (χ3n) is 7.62. The van der Waals surface area contributed by atoms with E-state index in [4.69, 9.17) is 9.47 Å². The number of ether oxygens (including phenoxy) is 2. The van der Waals surface area contributed by atoms with E-state index in [1.165, 1.54) is 5.56 Å². The SMILES string of the molecule is CC(C1C(=O)OC1c1cccc(OCc2ccccc2)c1)C(Sc1ccccc1)(Sc1ccccc1)c1ccccc1. The first-order chi connectivity index (χ1) is 20.6. The number of cyclic esters (lactones) is 1. The van der Waals surface area contributed by atoms with Gasteiger partial charge in [-0.2, -0.15) is 0 Å². The van der Waals surface area contributed by atoms with Crippen LogP contribution in [-0.2, 0) is 20.2 Å². The van der Waals surface area contributed by atoms with Gasteiger partial charge in [-0.15, -0.1) is 23.5 Å². The molecule has 3 atom stereocenters. The molecular weight excluding hydrogens is 557 g/mol. The van der Waals surface area contributed by atoms with Crippen molar-refractivity contribution in [3.05, 3.63) is 162 Å². The standard InChI is InChI=1S/C37H32O3S2/c1-27(34-35(40-36(34)38)29-17-14-20-31(25-29)39-26-28-15-6-2-7-16-28)37(30-18-8-3-9-19-30,41-32-21-10-4-11-22-32)42-33-23-12-5-13-24-33/h2-25,27,34-35H,26H2,1H3. The predicted octanol–water partition coefficient (Wildman–Crippen LogP) is 9.55. The molecule has 0 saturated carbocycles. The second-order valence-corrected chi connectivity index (χ2v) is 13.3. The molecule has 3 unspecified atom stereocenters. The zero-order valence-electron chi connectivity index (χ0n) is 23.3. The van der Waals surface area contributed by atoms with Gasteiger partial charge >= 0.3 is 5.97 Å². The molecule has 1 saturated heterocycles. The van der Waals surface area contributed by atoms with Crippen molar-refractivity contribution in [2.45, 2.75) is 33.5 Å². The van der Waals surface area contributed by atoms with E-state index in [0.29, 0.717) is 6.61 Å². The van der Waals surface area contributed by atoms with E-state index in [1.54, 1.807) is 0 Å². The second-order valence-electron chi connectivity index (χ2n) is 10.4. The number of carbonyl (C=O) groups is 1. The highest BCUT2D eigenvalue weighted by atomic mass is 32.2. The van der Waals surface area contributed by atoms with Crippen LogP contribution in [0.5, 0.6) is 5.75 Å². The average Bonchev–Trinajstić information content (AvgIpc) is 3.04. The summed E-state index contributed by atoms with van der Waals surface area (Å²) in [7, 11) is 0. The van der Waals surface area contributed by atoms with Crippen LogP contribution >= 0.6 is 23.5 Å². The first kappa shape index (κ1) is 28.2. The maximum atomic E-state index is 13.4. The van der Waals surface area contributed by atoms with Crippen LogP contribution in [-0.4, -0.2) is 5.97 Å². The number of thioether (sulfide) groups is 2. The Balaban J connectivity index is 1.36. The van der Waals surface area contributed by atoms with E-state index in [0.717, 1.165) is 26.7 Å². The lowest BCUT2D eigenvalue weighted by Gasteiger charge is -2.47. The van der Waals surface area contributed by atoms with E-state index in [-0.39, 0.29) is 23.9 Å². The molecule has 0 N–H and O–H groups in total. The van der Waals surface area contributed by atoms with E-state index >= 15 is 0 Å².